The number of anilines is 5. The first-order valence-electron chi connectivity index (χ1n) is 22.8. The van der Waals surface area contributed by atoms with Crippen molar-refractivity contribution in [3.63, 3.8) is 0 Å². The van der Waals surface area contributed by atoms with Crippen LogP contribution in [0.1, 0.15) is 65.5 Å². The maximum absolute atomic E-state index is 2.60. The number of nitrogens with zero attached hydrogens (tertiary/aromatic N) is 2. The molecule has 0 saturated heterocycles. The minimum atomic E-state index is -0.162. The van der Waals surface area contributed by atoms with Gasteiger partial charge in [-0.25, -0.2) is 0 Å². The summed E-state index contributed by atoms with van der Waals surface area (Å²) in [5.41, 5.74) is 16.8. The van der Waals surface area contributed by atoms with Crippen LogP contribution in [-0.4, -0.2) is 0 Å². The van der Waals surface area contributed by atoms with Crippen LogP contribution in [-0.2, 0) is 10.8 Å². The highest BCUT2D eigenvalue weighted by Crippen LogP contribution is 2.51. The van der Waals surface area contributed by atoms with Crippen LogP contribution in [0.15, 0.2) is 223 Å². The quantitative estimate of drug-likeness (QED) is 0.151. The van der Waals surface area contributed by atoms with Crippen molar-refractivity contribution < 1.29 is 0 Å². The lowest BCUT2D eigenvalue weighted by atomic mass is 9.81. The molecule has 0 spiro atoms. The molecule has 2 aliphatic rings. The van der Waals surface area contributed by atoms with E-state index in [0.29, 0.717) is 0 Å². The fourth-order valence-electron chi connectivity index (χ4n) is 9.45. The lowest BCUT2D eigenvalue weighted by molar-refractivity contribution is 0.589. The Morgan fingerprint density at radius 3 is 1.52 bits per heavy atom. The molecular formula is C62H56N2. The zero-order valence-corrected chi connectivity index (χ0v) is 37.9. The topological polar surface area (TPSA) is 6.48 Å². The van der Waals surface area contributed by atoms with Crippen LogP contribution >= 0.6 is 0 Å². The largest absolute Gasteiger partial charge is 0.313 e. The second-order valence-electron chi connectivity index (χ2n) is 19.4. The maximum Gasteiger partial charge on any atom is 0.0544 e. The lowest BCUT2D eigenvalue weighted by Crippen LogP contribution is -2.22. The Balaban J connectivity index is 1.34. The van der Waals surface area contributed by atoms with E-state index in [1.54, 1.807) is 0 Å². The molecule has 314 valence electrons. The van der Waals surface area contributed by atoms with Crippen LogP contribution in [0.5, 0.6) is 0 Å². The Kier molecular flexibility index (Phi) is 10.6. The molecular weight excluding hydrogens is 773 g/mol. The molecule has 0 amide bonds. The second-order valence-corrected chi connectivity index (χ2v) is 19.4. The summed E-state index contributed by atoms with van der Waals surface area (Å²) >= 11 is 0. The Morgan fingerprint density at radius 2 is 0.922 bits per heavy atom. The first-order chi connectivity index (χ1) is 31.0. The van der Waals surface area contributed by atoms with Gasteiger partial charge in [0.15, 0.2) is 0 Å². The minimum Gasteiger partial charge on any atom is -0.313 e. The van der Waals surface area contributed by atoms with E-state index in [-0.39, 0.29) is 10.8 Å². The van der Waals surface area contributed by atoms with Crippen molar-refractivity contribution in [2.75, 3.05) is 9.80 Å². The monoisotopic (exact) mass is 828 g/mol. The molecule has 0 fully saturated rings. The first-order valence-corrected chi connectivity index (χ1v) is 22.8. The van der Waals surface area contributed by atoms with Crippen LogP contribution in [0.25, 0.3) is 43.8 Å². The third-order valence-electron chi connectivity index (χ3n) is 13.0. The van der Waals surface area contributed by atoms with Crippen LogP contribution < -0.4 is 9.80 Å². The Hall–Kier alpha value is -7.16. The standard InChI is InChI=1S/C62H56N2/c1-61(2,3)49-39-55-56(59(41-49)63(51-35-33-43-21-13-15-27-47(43)37-51)57-31-19-17-29-53(57)45-23-9-7-10-24-45)40-50(62(4,5)6)42-60(55)64(52-36-34-44-22-14-16-28-48(44)38-52)58-32-20-18-30-54(58)46-25-11-8-12-26-46/h7-21,23-37,39-42H,22,38H2,1-6H3. The predicted octanol–water partition coefficient (Wildman–Crippen LogP) is 17.6. The molecule has 0 atom stereocenters. The Bertz CT molecular complexity index is 3170. The molecule has 0 aromatic heterocycles. The van der Waals surface area contributed by atoms with Crippen LogP contribution in [0.4, 0.5) is 28.4 Å². The van der Waals surface area contributed by atoms with E-state index in [1.807, 2.05) is 0 Å². The highest BCUT2D eigenvalue weighted by Gasteiger charge is 2.30. The molecule has 0 saturated carbocycles. The van der Waals surface area contributed by atoms with Crippen molar-refractivity contribution in [2.24, 2.45) is 0 Å². The van der Waals surface area contributed by atoms with Crippen molar-refractivity contribution in [3.8, 4) is 22.3 Å². The summed E-state index contributed by atoms with van der Waals surface area (Å²) in [4.78, 5) is 5.14. The zero-order valence-electron chi connectivity index (χ0n) is 37.9. The normalized spacial score (nSPS) is 13.9. The van der Waals surface area contributed by atoms with Gasteiger partial charge < -0.3 is 9.80 Å². The summed E-state index contributed by atoms with van der Waals surface area (Å²) in [6.45, 7) is 14.1. The summed E-state index contributed by atoms with van der Waals surface area (Å²) in [5.74, 6) is 0. The van der Waals surface area contributed by atoms with Gasteiger partial charge in [0.25, 0.3) is 0 Å². The number of hydrogen-bond acceptors (Lipinski definition) is 2. The molecule has 0 N–H and O–H groups in total. The van der Waals surface area contributed by atoms with Crippen molar-refractivity contribution in [1.82, 2.24) is 0 Å². The molecule has 0 radical (unpaired) electrons. The van der Waals surface area contributed by atoms with E-state index < -0.39 is 0 Å². The molecule has 0 bridgehead atoms. The van der Waals surface area contributed by atoms with E-state index in [0.717, 1.165) is 29.9 Å². The van der Waals surface area contributed by atoms with Gasteiger partial charge in [-0.05, 0) is 116 Å². The first kappa shape index (κ1) is 40.9. The molecule has 64 heavy (non-hydrogen) atoms. The molecule has 2 heteroatoms. The number of benzene rings is 8. The molecule has 10 rings (SSSR count). The Morgan fingerprint density at radius 1 is 0.406 bits per heavy atom. The molecule has 2 nitrogen and oxygen atoms in total. The second kappa shape index (κ2) is 16.5. The van der Waals surface area contributed by atoms with Gasteiger partial charge in [0.2, 0.25) is 0 Å². The van der Waals surface area contributed by atoms with E-state index in [4.69, 9.17) is 0 Å². The summed E-state index contributed by atoms with van der Waals surface area (Å²) in [6, 6.07) is 65.3. The summed E-state index contributed by atoms with van der Waals surface area (Å²) in [6.07, 6.45) is 13.3. The fraction of sp³-hybridized carbons (Fsp3) is 0.161. The van der Waals surface area contributed by atoms with Crippen molar-refractivity contribution in [3.05, 3.63) is 234 Å². The van der Waals surface area contributed by atoms with Crippen molar-refractivity contribution >= 4 is 50.0 Å². The van der Waals surface area contributed by atoms with Gasteiger partial charge in [-0.15, -0.1) is 0 Å². The van der Waals surface area contributed by atoms with Gasteiger partial charge in [-0.1, -0.05) is 193 Å². The average molecular weight is 829 g/mol. The summed E-state index contributed by atoms with van der Waals surface area (Å²) in [5, 5.41) is 4.86. The number of para-hydroxylation sites is 2. The predicted molar refractivity (Wildman–Crippen MR) is 276 cm³/mol. The third kappa shape index (κ3) is 7.79. The molecule has 0 heterocycles. The SMILES string of the molecule is CC(C)(C)c1cc(N(c2ccc3ccccc3c2)c2ccccc2-c2ccccc2)c2cc(C(C)(C)C)cc(N(C3=CC=C4CC=CC=C4C3)c3ccccc3-c3ccccc3)c2c1. The van der Waals surface area contributed by atoms with E-state index in [1.165, 1.54) is 83.1 Å². The van der Waals surface area contributed by atoms with E-state index >= 15 is 0 Å². The number of hydrogen-bond donors (Lipinski definition) is 0. The maximum atomic E-state index is 2.60. The third-order valence-corrected chi connectivity index (χ3v) is 13.0. The van der Waals surface area contributed by atoms with Gasteiger partial charge in [-0.2, -0.15) is 0 Å². The highest BCUT2D eigenvalue weighted by molar-refractivity contribution is 6.09. The molecule has 8 aromatic rings. The van der Waals surface area contributed by atoms with E-state index in [9.17, 15) is 0 Å². The summed E-state index contributed by atoms with van der Waals surface area (Å²) < 4.78 is 0. The van der Waals surface area contributed by atoms with Crippen molar-refractivity contribution in [1.29, 1.82) is 0 Å². The van der Waals surface area contributed by atoms with Crippen LogP contribution in [0.2, 0.25) is 0 Å². The van der Waals surface area contributed by atoms with Gasteiger partial charge >= 0.3 is 0 Å². The highest BCUT2D eigenvalue weighted by atomic mass is 15.2. The van der Waals surface area contributed by atoms with E-state index in [2.05, 4.69) is 258 Å². The summed E-state index contributed by atoms with van der Waals surface area (Å²) in [7, 11) is 0. The molecule has 0 aliphatic heterocycles. The van der Waals surface area contributed by atoms with Gasteiger partial charge in [-0.3, -0.25) is 0 Å². The fourth-order valence-corrected chi connectivity index (χ4v) is 9.45. The Labute approximate surface area is 379 Å². The van der Waals surface area contributed by atoms with Crippen molar-refractivity contribution in [2.45, 2.75) is 65.2 Å². The lowest BCUT2D eigenvalue weighted by Gasteiger charge is -2.36. The molecule has 0 unspecified atom stereocenters. The van der Waals surface area contributed by atoms with Crippen LogP contribution in [0, 0.1) is 0 Å². The zero-order chi connectivity index (χ0) is 44.0. The molecule has 8 aromatic carbocycles. The van der Waals surface area contributed by atoms with Gasteiger partial charge in [0.05, 0.1) is 22.7 Å². The average Bonchev–Trinajstić information content (AvgIpc) is 3.32. The minimum absolute atomic E-state index is 0.159. The number of rotatable bonds is 8. The number of allylic oxidation sites excluding steroid dienone is 7. The smallest absolute Gasteiger partial charge is 0.0544 e. The number of fused-ring (bicyclic) bond motifs is 3. The van der Waals surface area contributed by atoms with Gasteiger partial charge in [0.1, 0.15) is 0 Å². The molecule has 2 aliphatic carbocycles. The van der Waals surface area contributed by atoms with Gasteiger partial charge in [0, 0.05) is 39.7 Å². The van der Waals surface area contributed by atoms with Crippen LogP contribution in [0.3, 0.4) is 0 Å².